The SMILES string of the molecule is CCO[C@H]1COC[C@@H]1NC(=O)Nc1cccc(-c2ccc(Cl)cc2)c1. The van der Waals surface area contributed by atoms with Gasteiger partial charge in [-0.15, -0.1) is 0 Å². The zero-order valence-electron chi connectivity index (χ0n) is 14.0. The van der Waals surface area contributed by atoms with E-state index in [4.69, 9.17) is 21.1 Å². The molecule has 2 N–H and O–H groups in total. The monoisotopic (exact) mass is 360 g/mol. The van der Waals surface area contributed by atoms with Crippen molar-refractivity contribution >= 4 is 23.3 Å². The number of carbonyl (C=O) groups is 1. The fourth-order valence-electron chi connectivity index (χ4n) is 2.80. The molecule has 132 valence electrons. The third-order valence-electron chi connectivity index (χ3n) is 4.02. The molecular weight excluding hydrogens is 340 g/mol. The van der Waals surface area contributed by atoms with Crippen LogP contribution in [-0.2, 0) is 9.47 Å². The van der Waals surface area contributed by atoms with Crippen LogP contribution in [0.4, 0.5) is 10.5 Å². The average Bonchev–Trinajstić information content (AvgIpc) is 3.03. The van der Waals surface area contributed by atoms with Crippen molar-refractivity contribution in [3.05, 3.63) is 53.6 Å². The first-order chi connectivity index (χ1) is 12.2. The van der Waals surface area contributed by atoms with Crippen molar-refractivity contribution in [3.63, 3.8) is 0 Å². The lowest BCUT2D eigenvalue weighted by Crippen LogP contribution is -2.45. The summed E-state index contributed by atoms with van der Waals surface area (Å²) >= 11 is 5.93. The largest absolute Gasteiger partial charge is 0.376 e. The molecule has 0 radical (unpaired) electrons. The molecule has 0 unspecified atom stereocenters. The third kappa shape index (κ3) is 4.72. The van der Waals surface area contributed by atoms with Gasteiger partial charge in [-0.2, -0.15) is 0 Å². The summed E-state index contributed by atoms with van der Waals surface area (Å²) in [7, 11) is 0. The van der Waals surface area contributed by atoms with E-state index in [0.29, 0.717) is 24.8 Å². The lowest BCUT2D eigenvalue weighted by Gasteiger charge is -2.19. The normalized spacial score (nSPS) is 19.6. The summed E-state index contributed by atoms with van der Waals surface area (Å²) in [5, 5.41) is 6.47. The number of hydrogen-bond donors (Lipinski definition) is 2. The highest BCUT2D eigenvalue weighted by Crippen LogP contribution is 2.24. The molecule has 1 saturated heterocycles. The number of carbonyl (C=O) groups excluding carboxylic acids is 1. The van der Waals surface area contributed by atoms with Crippen LogP contribution in [0.5, 0.6) is 0 Å². The van der Waals surface area contributed by atoms with Crippen LogP contribution < -0.4 is 10.6 Å². The fourth-order valence-corrected chi connectivity index (χ4v) is 2.93. The lowest BCUT2D eigenvalue weighted by atomic mass is 10.1. The Morgan fingerprint density at radius 3 is 2.76 bits per heavy atom. The molecule has 5 nitrogen and oxygen atoms in total. The van der Waals surface area contributed by atoms with E-state index in [1.54, 1.807) is 0 Å². The first kappa shape index (κ1) is 17.7. The second-order valence-corrected chi connectivity index (χ2v) is 6.26. The topological polar surface area (TPSA) is 59.6 Å². The van der Waals surface area contributed by atoms with E-state index in [0.717, 1.165) is 16.8 Å². The Labute approximate surface area is 152 Å². The van der Waals surface area contributed by atoms with Gasteiger partial charge in [0, 0.05) is 17.3 Å². The number of ether oxygens (including phenoxy) is 2. The number of halogens is 1. The molecule has 6 heteroatoms. The molecule has 1 fully saturated rings. The molecular formula is C19H21ClN2O3. The quantitative estimate of drug-likeness (QED) is 0.849. The molecule has 3 rings (SSSR count). The number of urea groups is 1. The van der Waals surface area contributed by atoms with Crippen molar-refractivity contribution in [1.82, 2.24) is 5.32 Å². The van der Waals surface area contributed by atoms with Crippen LogP contribution in [0.15, 0.2) is 48.5 Å². The van der Waals surface area contributed by atoms with Crippen LogP contribution in [0.1, 0.15) is 6.92 Å². The van der Waals surface area contributed by atoms with Crippen molar-refractivity contribution in [2.24, 2.45) is 0 Å². The van der Waals surface area contributed by atoms with Crippen LogP contribution in [0.2, 0.25) is 5.02 Å². The summed E-state index contributed by atoms with van der Waals surface area (Å²) in [6.45, 7) is 3.49. The number of benzene rings is 2. The summed E-state index contributed by atoms with van der Waals surface area (Å²) in [6, 6.07) is 14.8. The number of rotatable bonds is 5. The second kappa shape index (κ2) is 8.34. The first-order valence-corrected chi connectivity index (χ1v) is 8.66. The van der Waals surface area contributed by atoms with Gasteiger partial charge in [-0.3, -0.25) is 0 Å². The van der Waals surface area contributed by atoms with Crippen LogP contribution >= 0.6 is 11.6 Å². The van der Waals surface area contributed by atoms with Crippen LogP contribution in [0, 0.1) is 0 Å². The standard InChI is InChI=1S/C19H21ClN2O3/c1-2-25-18-12-24-11-17(18)22-19(23)21-16-5-3-4-14(10-16)13-6-8-15(20)9-7-13/h3-10,17-18H,2,11-12H2,1H3,(H2,21,22,23)/t17-,18-/m0/s1. The van der Waals surface area contributed by atoms with E-state index >= 15 is 0 Å². The lowest BCUT2D eigenvalue weighted by molar-refractivity contribution is 0.0428. The molecule has 0 aliphatic carbocycles. The van der Waals surface area contributed by atoms with Gasteiger partial charge in [-0.05, 0) is 42.3 Å². The third-order valence-corrected chi connectivity index (χ3v) is 4.28. The van der Waals surface area contributed by atoms with Crippen LogP contribution in [-0.4, -0.2) is 38.0 Å². The highest BCUT2D eigenvalue weighted by molar-refractivity contribution is 6.30. The smallest absolute Gasteiger partial charge is 0.319 e. The van der Waals surface area contributed by atoms with Gasteiger partial charge in [0.15, 0.2) is 0 Å². The van der Waals surface area contributed by atoms with E-state index < -0.39 is 0 Å². The Morgan fingerprint density at radius 2 is 2.00 bits per heavy atom. The molecule has 1 aliphatic heterocycles. The van der Waals surface area contributed by atoms with E-state index in [1.165, 1.54) is 0 Å². The summed E-state index contributed by atoms with van der Waals surface area (Å²) in [4.78, 5) is 12.3. The van der Waals surface area contributed by atoms with Gasteiger partial charge in [0.05, 0.1) is 19.3 Å². The minimum Gasteiger partial charge on any atom is -0.376 e. The van der Waals surface area contributed by atoms with E-state index in [9.17, 15) is 4.79 Å². The van der Waals surface area contributed by atoms with Gasteiger partial charge >= 0.3 is 6.03 Å². The highest BCUT2D eigenvalue weighted by Gasteiger charge is 2.30. The Morgan fingerprint density at radius 1 is 1.20 bits per heavy atom. The first-order valence-electron chi connectivity index (χ1n) is 8.28. The van der Waals surface area contributed by atoms with Crippen LogP contribution in [0.25, 0.3) is 11.1 Å². The molecule has 0 saturated carbocycles. The van der Waals surface area contributed by atoms with Gasteiger partial charge in [-0.25, -0.2) is 4.79 Å². The van der Waals surface area contributed by atoms with Crippen molar-refractivity contribution in [2.45, 2.75) is 19.1 Å². The molecule has 0 aromatic heterocycles. The number of amides is 2. The van der Waals surface area contributed by atoms with Crippen LogP contribution in [0.3, 0.4) is 0 Å². The number of hydrogen-bond acceptors (Lipinski definition) is 3. The Bertz CT molecular complexity index is 721. The Hall–Kier alpha value is -2.08. The van der Waals surface area contributed by atoms with Gasteiger partial charge in [0.1, 0.15) is 6.10 Å². The molecule has 2 aromatic rings. The predicted octanol–water partition coefficient (Wildman–Crippen LogP) is 3.93. The maximum Gasteiger partial charge on any atom is 0.319 e. The molecule has 0 bridgehead atoms. The van der Waals surface area contributed by atoms with Gasteiger partial charge in [0.2, 0.25) is 0 Å². The van der Waals surface area contributed by atoms with E-state index in [-0.39, 0.29) is 18.2 Å². The zero-order chi connectivity index (χ0) is 17.6. The maximum atomic E-state index is 12.3. The van der Waals surface area contributed by atoms with E-state index in [2.05, 4.69) is 10.6 Å². The molecule has 1 aliphatic rings. The van der Waals surface area contributed by atoms with Crippen molar-refractivity contribution in [1.29, 1.82) is 0 Å². The van der Waals surface area contributed by atoms with Gasteiger partial charge in [-0.1, -0.05) is 35.9 Å². The highest BCUT2D eigenvalue weighted by atomic mass is 35.5. The number of nitrogens with one attached hydrogen (secondary N) is 2. The van der Waals surface area contributed by atoms with Gasteiger partial charge in [0.25, 0.3) is 0 Å². The molecule has 2 aromatic carbocycles. The minimum absolute atomic E-state index is 0.101. The number of anilines is 1. The predicted molar refractivity (Wildman–Crippen MR) is 99.1 cm³/mol. The van der Waals surface area contributed by atoms with Crippen molar-refractivity contribution in [3.8, 4) is 11.1 Å². The van der Waals surface area contributed by atoms with Gasteiger partial charge < -0.3 is 20.1 Å². The molecule has 1 heterocycles. The average molecular weight is 361 g/mol. The summed E-state index contributed by atoms with van der Waals surface area (Å²) in [5.41, 5.74) is 2.76. The molecule has 2 amide bonds. The van der Waals surface area contributed by atoms with Crippen molar-refractivity contribution in [2.75, 3.05) is 25.1 Å². The zero-order valence-corrected chi connectivity index (χ0v) is 14.8. The fraction of sp³-hybridized carbons (Fsp3) is 0.316. The summed E-state index contributed by atoms with van der Waals surface area (Å²) in [5.74, 6) is 0. The maximum absolute atomic E-state index is 12.3. The minimum atomic E-state index is -0.270. The molecule has 0 spiro atoms. The molecule has 2 atom stereocenters. The molecule has 25 heavy (non-hydrogen) atoms. The van der Waals surface area contributed by atoms with E-state index in [1.807, 2.05) is 55.5 Å². The summed E-state index contributed by atoms with van der Waals surface area (Å²) < 4.78 is 11.0. The Kier molecular flexibility index (Phi) is 5.91. The Balaban J connectivity index is 1.63. The second-order valence-electron chi connectivity index (χ2n) is 5.82. The summed E-state index contributed by atoms with van der Waals surface area (Å²) in [6.07, 6.45) is -0.101. The van der Waals surface area contributed by atoms with Crippen molar-refractivity contribution < 1.29 is 14.3 Å².